The van der Waals surface area contributed by atoms with Crippen LogP contribution in [-0.4, -0.2) is 46.8 Å². The van der Waals surface area contributed by atoms with Crippen LogP contribution < -0.4 is 16.0 Å². The number of halogens is 1. The largest absolute Gasteiger partial charge is 0.507 e. The first-order chi connectivity index (χ1) is 15.3. The third-order valence-electron chi connectivity index (χ3n) is 5.41. The van der Waals surface area contributed by atoms with Gasteiger partial charge in [0, 0.05) is 41.7 Å². The van der Waals surface area contributed by atoms with Gasteiger partial charge in [0.15, 0.2) is 0 Å². The minimum absolute atomic E-state index is 0.0502. The first-order valence-corrected chi connectivity index (χ1v) is 10.2. The highest BCUT2D eigenvalue weighted by Crippen LogP contribution is 2.33. The lowest BCUT2D eigenvalue weighted by Gasteiger charge is -2.33. The number of benzene rings is 2. The quantitative estimate of drug-likeness (QED) is 0.561. The summed E-state index contributed by atoms with van der Waals surface area (Å²) in [6.07, 6.45) is 1.58. The predicted octanol–water partition coefficient (Wildman–Crippen LogP) is 3.36. The van der Waals surface area contributed by atoms with Crippen molar-refractivity contribution in [2.24, 2.45) is 5.73 Å². The molecule has 8 nitrogen and oxygen atoms in total. The number of primary amides is 1. The van der Waals surface area contributed by atoms with Gasteiger partial charge in [-0.05, 0) is 50.2 Å². The Kier molecular flexibility index (Phi) is 5.91. The van der Waals surface area contributed by atoms with Crippen LogP contribution in [0.2, 0.25) is 0 Å². The van der Waals surface area contributed by atoms with Gasteiger partial charge in [0.2, 0.25) is 11.9 Å². The first-order valence-electron chi connectivity index (χ1n) is 10.2. The van der Waals surface area contributed by atoms with Crippen molar-refractivity contribution in [3.63, 3.8) is 0 Å². The van der Waals surface area contributed by atoms with Gasteiger partial charge in [0.25, 0.3) is 0 Å². The third-order valence-corrected chi connectivity index (χ3v) is 5.41. The maximum atomic E-state index is 14.8. The zero-order chi connectivity index (χ0) is 22.8. The molecule has 3 aromatic rings. The summed E-state index contributed by atoms with van der Waals surface area (Å²) in [6.45, 7) is 5.40. The number of hydrogen-bond acceptors (Lipinski definition) is 7. The van der Waals surface area contributed by atoms with Crippen LogP contribution in [0, 0.1) is 12.7 Å². The van der Waals surface area contributed by atoms with E-state index in [1.807, 2.05) is 11.8 Å². The van der Waals surface area contributed by atoms with Crippen molar-refractivity contribution >= 4 is 23.2 Å². The zero-order valence-corrected chi connectivity index (χ0v) is 17.8. The topological polar surface area (TPSA) is 114 Å². The van der Waals surface area contributed by atoms with Crippen molar-refractivity contribution in [1.82, 2.24) is 9.97 Å². The highest BCUT2D eigenvalue weighted by atomic mass is 19.1. The monoisotopic (exact) mass is 437 g/mol. The molecule has 1 amide bonds. The number of phenolic OH excluding ortho intramolecular Hbond substituents is 1. The molecule has 1 aliphatic heterocycles. The number of nitrogens with one attached hydrogen (secondary N) is 1. The summed E-state index contributed by atoms with van der Waals surface area (Å²) < 4.78 is 20.3. The van der Waals surface area contributed by atoms with Crippen LogP contribution in [0.15, 0.2) is 42.6 Å². The second kappa shape index (κ2) is 8.80. The van der Waals surface area contributed by atoms with Crippen LogP contribution in [0.3, 0.4) is 0 Å². The van der Waals surface area contributed by atoms with E-state index in [4.69, 9.17) is 10.5 Å². The van der Waals surface area contributed by atoms with Crippen molar-refractivity contribution in [3.8, 4) is 17.0 Å². The molecule has 166 valence electrons. The van der Waals surface area contributed by atoms with Crippen molar-refractivity contribution in [2.45, 2.75) is 20.0 Å². The molecule has 1 aromatic heterocycles. The molecule has 9 heteroatoms. The molecular formula is C23H24FN5O3. The second-order valence-electron chi connectivity index (χ2n) is 7.68. The highest BCUT2D eigenvalue weighted by molar-refractivity contribution is 5.96. The maximum Gasteiger partial charge on any atom is 0.249 e. The Bertz CT molecular complexity index is 1170. The van der Waals surface area contributed by atoms with Gasteiger partial charge in [-0.25, -0.2) is 14.4 Å². The smallest absolute Gasteiger partial charge is 0.249 e. The number of morpholine rings is 1. The van der Waals surface area contributed by atoms with Gasteiger partial charge in [-0.1, -0.05) is 0 Å². The summed E-state index contributed by atoms with van der Waals surface area (Å²) in [5.74, 6) is -0.811. The lowest BCUT2D eigenvalue weighted by atomic mass is 10.0. The molecule has 4 N–H and O–H groups in total. The standard InChI is InChI=1S/C23H24FN5O3/c1-13-12-29(9-10-32-13)20-6-3-15(11-18(20)24)27-23-26-8-7-19(28-23)17-5-4-16(22(25)31)14(2)21(17)30/h3-8,11,13,30H,9-10,12H2,1-2H3,(H2,25,31)(H,26,27,28). The summed E-state index contributed by atoms with van der Waals surface area (Å²) in [4.78, 5) is 22.0. The van der Waals surface area contributed by atoms with E-state index < -0.39 is 5.91 Å². The van der Waals surface area contributed by atoms with Gasteiger partial charge < -0.3 is 25.8 Å². The second-order valence-corrected chi connectivity index (χ2v) is 7.68. The molecule has 1 aliphatic rings. The fourth-order valence-electron chi connectivity index (χ4n) is 3.75. The average Bonchev–Trinajstić information content (AvgIpc) is 2.75. The van der Waals surface area contributed by atoms with Crippen LogP contribution in [0.25, 0.3) is 11.3 Å². The van der Waals surface area contributed by atoms with E-state index in [1.165, 1.54) is 12.3 Å². The molecule has 4 rings (SSSR count). The summed E-state index contributed by atoms with van der Waals surface area (Å²) >= 11 is 0. The van der Waals surface area contributed by atoms with E-state index in [1.54, 1.807) is 37.3 Å². The Morgan fingerprint density at radius 2 is 2.12 bits per heavy atom. The number of carbonyl (C=O) groups is 1. The Morgan fingerprint density at radius 3 is 2.84 bits per heavy atom. The fourth-order valence-corrected chi connectivity index (χ4v) is 3.75. The van der Waals surface area contributed by atoms with E-state index in [0.29, 0.717) is 47.9 Å². The normalized spacial score (nSPS) is 16.1. The minimum atomic E-state index is -0.619. The third kappa shape index (κ3) is 4.33. The Hall–Kier alpha value is -3.72. The predicted molar refractivity (Wildman–Crippen MR) is 120 cm³/mol. The van der Waals surface area contributed by atoms with Gasteiger partial charge in [-0.15, -0.1) is 0 Å². The maximum absolute atomic E-state index is 14.8. The molecule has 2 aromatic carbocycles. The van der Waals surface area contributed by atoms with Crippen molar-refractivity contribution < 1.29 is 19.0 Å². The average molecular weight is 437 g/mol. The molecule has 0 aliphatic carbocycles. The first kappa shape index (κ1) is 21.5. The van der Waals surface area contributed by atoms with Gasteiger partial charge in [0.05, 0.1) is 24.1 Å². The number of carbonyl (C=O) groups excluding carboxylic acids is 1. The molecule has 0 bridgehead atoms. The van der Waals surface area contributed by atoms with Gasteiger partial charge in [-0.2, -0.15) is 0 Å². The van der Waals surface area contributed by atoms with Crippen molar-refractivity contribution in [1.29, 1.82) is 0 Å². The number of ether oxygens (including phenoxy) is 1. The number of nitrogens with two attached hydrogens (primary N) is 1. The van der Waals surface area contributed by atoms with E-state index >= 15 is 0 Å². The van der Waals surface area contributed by atoms with Crippen LogP contribution in [0.4, 0.5) is 21.7 Å². The molecule has 1 fully saturated rings. The molecule has 1 atom stereocenters. The van der Waals surface area contributed by atoms with E-state index in [9.17, 15) is 14.3 Å². The molecule has 0 radical (unpaired) electrons. The number of aromatic hydroxyl groups is 1. The number of hydrogen-bond donors (Lipinski definition) is 3. The highest BCUT2D eigenvalue weighted by Gasteiger charge is 2.20. The van der Waals surface area contributed by atoms with Gasteiger partial charge in [-0.3, -0.25) is 4.79 Å². The fraction of sp³-hybridized carbons (Fsp3) is 0.261. The summed E-state index contributed by atoms with van der Waals surface area (Å²) in [5.41, 5.74) is 7.84. The molecule has 1 saturated heterocycles. The van der Waals surface area contributed by atoms with Crippen molar-refractivity contribution in [3.05, 3.63) is 59.5 Å². The number of amides is 1. The zero-order valence-electron chi connectivity index (χ0n) is 17.8. The van der Waals surface area contributed by atoms with Gasteiger partial charge in [0.1, 0.15) is 11.6 Å². The number of phenols is 1. The van der Waals surface area contributed by atoms with E-state index in [0.717, 1.165) is 0 Å². The minimum Gasteiger partial charge on any atom is -0.507 e. The number of aromatic nitrogens is 2. The van der Waals surface area contributed by atoms with Crippen LogP contribution in [0.5, 0.6) is 5.75 Å². The molecular weight excluding hydrogens is 413 g/mol. The number of anilines is 3. The summed E-state index contributed by atoms with van der Waals surface area (Å²) in [6, 6.07) is 9.63. The molecule has 2 heterocycles. The Morgan fingerprint density at radius 1 is 1.31 bits per heavy atom. The summed E-state index contributed by atoms with van der Waals surface area (Å²) in [7, 11) is 0. The lowest BCUT2D eigenvalue weighted by molar-refractivity contribution is 0.0530. The Labute approximate surface area is 184 Å². The molecule has 32 heavy (non-hydrogen) atoms. The number of nitrogens with zero attached hydrogens (tertiary/aromatic N) is 3. The molecule has 0 saturated carbocycles. The lowest BCUT2D eigenvalue weighted by Crippen LogP contribution is -2.41. The van der Waals surface area contributed by atoms with Crippen LogP contribution >= 0.6 is 0 Å². The van der Waals surface area contributed by atoms with Crippen LogP contribution in [0.1, 0.15) is 22.8 Å². The summed E-state index contributed by atoms with van der Waals surface area (Å²) in [5, 5.41) is 13.5. The molecule has 1 unspecified atom stereocenters. The van der Waals surface area contributed by atoms with Crippen molar-refractivity contribution in [2.75, 3.05) is 29.9 Å². The van der Waals surface area contributed by atoms with E-state index in [2.05, 4.69) is 15.3 Å². The van der Waals surface area contributed by atoms with Crippen LogP contribution in [-0.2, 0) is 4.74 Å². The Balaban J connectivity index is 1.57. The number of rotatable bonds is 5. The molecule has 0 spiro atoms. The SMILES string of the molecule is Cc1c(C(N)=O)ccc(-c2ccnc(Nc3ccc(N4CCOC(C)C4)c(F)c3)n2)c1O. The van der Waals surface area contributed by atoms with E-state index in [-0.39, 0.29) is 29.2 Å². The van der Waals surface area contributed by atoms with Gasteiger partial charge >= 0.3 is 0 Å².